The van der Waals surface area contributed by atoms with Crippen LogP contribution in [-0.2, 0) is 0 Å². The van der Waals surface area contributed by atoms with Gasteiger partial charge in [0.1, 0.15) is 0 Å². The number of hydrogen-bond donors (Lipinski definition) is 0. The summed E-state index contributed by atoms with van der Waals surface area (Å²) < 4.78 is 157. The van der Waals surface area contributed by atoms with Crippen LogP contribution in [0.4, 0.5) is 57.1 Å². The molecule has 0 aromatic heterocycles. The maximum atomic E-state index is 12.8. The minimum absolute atomic E-state index is 4.21. The van der Waals surface area contributed by atoms with Crippen LogP contribution in [0.1, 0.15) is 0 Å². The van der Waals surface area contributed by atoms with E-state index in [-0.39, 0.29) is 0 Å². The highest BCUT2D eigenvalue weighted by Gasteiger charge is 2.85. The summed E-state index contributed by atoms with van der Waals surface area (Å²) in [5, 5.41) is 0. The van der Waals surface area contributed by atoms with E-state index in [1.165, 1.54) is 0 Å². The van der Waals surface area contributed by atoms with Gasteiger partial charge in [0.25, 0.3) is 6.43 Å². The van der Waals surface area contributed by atoms with Gasteiger partial charge in [-0.1, -0.05) is 0 Å². The molecule has 20 heavy (non-hydrogen) atoms. The zero-order valence-electron chi connectivity index (χ0n) is 8.49. The van der Waals surface area contributed by atoms with E-state index in [4.69, 9.17) is 0 Å². The van der Waals surface area contributed by atoms with Crippen molar-refractivity contribution < 1.29 is 57.1 Å². The molecule has 0 aliphatic heterocycles. The van der Waals surface area contributed by atoms with Gasteiger partial charge < -0.3 is 0 Å². The number of hydrogen-bond acceptors (Lipinski definition) is 0. The number of alkyl halides is 10. The Morgan fingerprint density at radius 3 is 1.25 bits per heavy atom. The summed E-state index contributed by atoms with van der Waals surface area (Å²) in [6, 6.07) is 0. The number of halogens is 13. The average molecular weight is 332 g/mol. The first-order valence-electron chi connectivity index (χ1n) is 4.05. The van der Waals surface area contributed by atoms with E-state index in [9.17, 15) is 57.1 Å². The molecule has 0 bridgehead atoms. The zero-order chi connectivity index (χ0) is 16.7. The van der Waals surface area contributed by atoms with Crippen molar-refractivity contribution in [2.24, 2.45) is 0 Å². The quantitative estimate of drug-likeness (QED) is 0.645. The molecule has 13 heteroatoms. The fourth-order valence-electron chi connectivity index (χ4n) is 0.924. The Morgan fingerprint density at radius 2 is 1.05 bits per heavy atom. The van der Waals surface area contributed by atoms with E-state index in [1.54, 1.807) is 0 Å². The van der Waals surface area contributed by atoms with E-state index < -0.39 is 42.0 Å². The number of rotatable bonds is 4. The highest BCUT2D eigenvalue weighted by molar-refractivity contribution is 5.19. The fourth-order valence-corrected chi connectivity index (χ4v) is 0.924. The molecule has 0 heterocycles. The van der Waals surface area contributed by atoms with Crippen LogP contribution < -0.4 is 0 Å². The van der Waals surface area contributed by atoms with E-state index in [2.05, 4.69) is 0 Å². The Kier molecular flexibility index (Phi) is 4.69. The Morgan fingerprint density at radius 1 is 0.700 bits per heavy atom. The summed E-state index contributed by atoms with van der Waals surface area (Å²) in [4.78, 5) is 0. The summed E-state index contributed by atoms with van der Waals surface area (Å²) in [5.41, 5.74) is -7.24. The Balaban J connectivity index is 6.26. The average Bonchev–Trinajstić information content (AvgIpc) is 2.23. The van der Waals surface area contributed by atoms with Crippen LogP contribution >= 0.6 is 0 Å². The second-order valence-electron chi connectivity index (χ2n) is 3.23. The predicted molar refractivity (Wildman–Crippen MR) is 36.1 cm³/mol. The highest BCUT2D eigenvalue weighted by atomic mass is 19.4. The fraction of sp³-hybridized carbons (Fsp3) is 0.714. The molecule has 0 radical (unpaired) electrons. The first-order chi connectivity index (χ1) is 8.55. The predicted octanol–water partition coefficient (Wildman–Crippen LogP) is 4.87. The Labute approximate surface area is 100 Å². The Hall–Kier alpha value is -1.17. The van der Waals surface area contributed by atoms with Gasteiger partial charge in [0.15, 0.2) is 0 Å². The van der Waals surface area contributed by atoms with Crippen molar-refractivity contribution in [3.63, 3.8) is 0 Å². The third-order valence-corrected chi connectivity index (χ3v) is 2.01. The van der Waals surface area contributed by atoms with Gasteiger partial charge in [-0.15, -0.1) is 0 Å². The molecule has 0 aliphatic rings. The van der Waals surface area contributed by atoms with E-state index in [0.29, 0.717) is 0 Å². The van der Waals surface area contributed by atoms with E-state index >= 15 is 0 Å². The topological polar surface area (TPSA) is 0 Å². The molecule has 120 valence electrons. The first-order valence-corrected chi connectivity index (χ1v) is 4.05. The second kappa shape index (κ2) is 4.98. The van der Waals surface area contributed by atoms with Gasteiger partial charge in [0.2, 0.25) is 5.83 Å². The molecule has 0 saturated carbocycles. The minimum Gasteiger partial charge on any atom is -0.220 e. The highest BCUT2D eigenvalue weighted by Crippen LogP contribution is 2.57. The van der Waals surface area contributed by atoms with E-state index in [0.717, 1.165) is 0 Å². The molecular formula is C7HF13. The molecule has 0 N–H and O–H groups in total. The second-order valence-corrected chi connectivity index (χ2v) is 3.23. The van der Waals surface area contributed by atoms with Crippen molar-refractivity contribution in [2.75, 3.05) is 0 Å². The van der Waals surface area contributed by atoms with Crippen molar-refractivity contribution in [1.82, 2.24) is 0 Å². The van der Waals surface area contributed by atoms with Crippen molar-refractivity contribution >= 4 is 0 Å². The van der Waals surface area contributed by atoms with Gasteiger partial charge in [-0.05, 0) is 0 Å². The largest absolute Gasteiger partial charge is 0.434 e. The van der Waals surface area contributed by atoms with Crippen LogP contribution in [0.3, 0.4) is 0 Å². The molecule has 0 amide bonds. The van der Waals surface area contributed by atoms with Crippen molar-refractivity contribution in [2.45, 2.75) is 30.1 Å². The first kappa shape index (κ1) is 18.8. The lowest BCUT2D eigenvalue weighted by Crippen LogP contribution is -2.67. The van der Waals surface area contributed by atoms with Crippen molar-refractivity contribution in [1.29, 1.82) is 0 Å². The van der Waals surface area contributed by atoms with Gasteiger partial charge in [-0.25, -0.2) is 13.2 Å². The summed E-state index contributed by atoms with van der Waals surface area (Å²) >= 11 is 0. The van der Waals surface area contributed by atoms with Crippen LogP contribution in [0.5, 0.6) is 0 Å². The minimum atomic E-state index is -7.53. The molecule has 0 spiro atoms. The standard InChI is InChI=1S/C7HF13/c8-1(2(9)10)5(14,15)6(16,17)4(13,3(11)12)7(18,19)20/h3H. The van der Waals surface area contributed by atoms with Gasteiger partial charge in [-0.3, -0.25) is 0 Å². The van der Waals surface area contributed by atoms with Gasteiger partial charge in [0, 0.05) is 0 Å². The third kappa shape index (κ3) is 2.41. The molecule has 1 atom stereocenters. The smallest absolute Gasteiger partial charge is 0.220 e. The lowest BCUT2D eigenvalue weighted by Gasteiger charge is -2.37. The van der Waals surface area contributed by atoms with Gasteiger partial charge in [-0.2, -0.15) is 43.9 Å². The summed E-state index contributed by atoms with van der Waals surface area (Å²) in [6.45, 7) is 0. The monoisotopic (exact) mass is 332 g/mol. The lowest BCUT2D eigenvalue weighted by molar-refractivity contribution is -0.374. The van der Waals surface area contributed by atoms with Crippen molar-refractivity contribution in [3.8, 4) is 0 Å². The summed E-state index contributed by atoms with van der Waals surface area (Å²) in [6.07, 6.45) is -17.3. The summed E-state index contributed by atoms with van der Waals surface area (Å²) in [7, 11) is 0. The van der Waals surface area contributed by atoms with E-state index in [1.807, 2.05) is 0 Å². The van der Waals surface area contributed by atoms with Crippen molar-refractivity contribution in [3.05, 3.63) is 11.9 Å². The molecule has 0 nitrogen and oxygen atoms in total. The molecule has 0 saturated heterocycles. The molecular weight excluding hydrogens is 331 g/mol. The summed E-state index contributed by atoms with van der Waals surface area (Å²) in [5.74, 6) is -19.1. The molecule has 1 unspecified atom stereocenters. The number of allylic oxidation sites excluding steroid dienone is 1. The molecule has 0 fully saturated rings. The van der Waals surface area contributed by atoms with Gasteiger partial charge in [0.05, 0.1) is 0 Å². The maximum Gasteiger partial charge on any atom is 0.434 e. The zero-order valence-corrected chi connectivity index (χ0v) is 8.49. The third-order valence-electron chi connectivity index (χ3n) is 2.01. The lowest BCUT2D eigenvalue weighted by atomic mass is 9.91. The molecule has 0 aromatic carbocycles. The molecule has 0 aromatic rings. The van der Waals surface area contributed by atoms with Crippen LogP contribution in [0.2, 0.25) is 0 Å². The van der Waals surface area contributed by atoms with Crippen LogP contribution in [0.15, 0.2) is 11.9 Å². The Bertz CT molecular complexity index is 386. The molecule has 0 rings (SSSR count). The SMILES string of the molecule is FC(F)=C(F)C(F)(F)C(F)(F)C(F)(C(F)F)C(F)(F)F. The molecule has 0 aliphatic carbocycles. The van der Waals surface area contributed by atoms with Crippen LogP contribution in [0.25, 0.3) is 0 Å². The van der Waals surface area contributed by atoms with Crippen LogP contribution in [0, 0.1) is 0 Å². The van der Waals surface area contributed by atoms with Gasteiger partial charge >= 0.3 is 29.8 Å². The van der Waals surface area contributed by atoms with Crippen LogP contribution in [-0.4, -0.2) is 30.1 Å². The normalized spacial score (nSPS) is 17.1. The maximum absolute atomic E-state index is 12.8.